The number of hydrogen-bond acceptors (Lipinski definition) is 5. The molecule has 7 heteroatoms. The van der Waals surface area contributed by atoms with Gasteiger partial charge in [0.2, 0.25) is 0 Å². The number of aromatic carboxylic acids is 1. The molecule has 198 valence electrons. The van der Waals surface area contributed by atoms with Crippen LogP contribution in [0.3, 0.4) is 0 Å². The Morgan fingerprint density at radius 3 is 2.27 bits per heavy atom. The van der Waals surface area contributed by atoms with Gasteiger partial charge < -0.3 is 25.4 Å². The highest BCUT2D eigenvalue weighted by Gasteiger charge is 2.20. The van der Waals surface area contributed by atoms with Gasteiger partial charge in [0, 0.05) is 12.6 Å². The van der Waals surface area contributed by atoms with E-state index in [0.717, 1.165) is 47.9 Å². The highest BCUT2D eigenvalue weighted by Crippen LogP contribution is 2.31. The zero-order chi connectivity index (χ0) is 25.3. The summed E-state index contributed by atoms with van der Waals surface area (Å²) in [6.07, 6.45) is 5.40. The summed E-state index contributed by atoms with van der Waals surface area (Å²) < 4.78 is 6.14. The summed E-state index contributed by atoms with van der Waals surface area (Å²) in [5.41, 5.74) is 3.96. The fraction of sp³-hybridized carbons (Fsp3) is 0.367. The lowest BCUT2D eigenvalue weighted by Crippen LogP contribution is -2.37. The molecule has 0 spiro atoms. The standard InChI is InChI=1S/C30H35NO5.ClH/c32-20-25(31-19-28(33)23-7-3-1-4-8-23)17-21-11-13-22(14-12-21)24-15-16-27(30(34)35)29(18-24)36-26-9-5-2-6-10-26;/h1,3-4,7-8,11-16,18,25-26,28,31-33H,2,5-6,9-10,17,19-20H2,(H,34,35);1H/t25-,28+;/m0./s1. The molecule has 1 saturated carbocycles. The second-order valence-electron chi connectivity index (χ2n) is 9.51. The number of benzene rings is 3. The van der Waals surface area contributed by atoms with Gasteiger partial charge in [-0.3, -0.25) is 0 Å². The van der Waals surface area contributed by atoms with E-state index in [2.05, 4.69) is 5.32 Å². The summed E-state index contributed by atoms with van der Waals surface area (Å²) in [4.78, 5) is 11.7. The third-order valence-electron chi connectivity index (χ3n) is 6.83. The second-order valence-corrected chi connectivity index (χ2v) is 9.51. The Morgan fingerprint density at radius 1 is 0.946 bits per heavy atom. The Labute approximate surface area is 224 Å². The molecule has 3 aromatic carbocycles. The molecule has 0 bridgehead atoms. The molecule has 0 saturated heterocycles. The van der Waals surface area contributed by atoms with Crippen molar-refractivity contribution in [2.45, 2.75) is 56.8 Å². The largest absolute Gasteiger partial charge is 0.490 e. The molecule has 6 nitrogen and oxygen atoms in total. The van der Waals surface area contributed by atoms with Crippen LogP contribution in [-0.2, 0) is 6.42 Å². The van der Waals surface area contributed by atoms with Crippen LogP contribution in [0.1, 0.15) is 59.7 Å². The summed E-state index contributed by atoms with van der Waals surface area (Å²) in [5, 5.41) is 33.1. The van der Waals surface area contributed by atoms with Gasteiger partial charge in [-0.25, -0.2) is 4.79 Å². The molecule has 1 aliphatic carbocycles. The fourth-order valence-corrected chi connectivity index (χ4v) is 4.73. The monoisotopic (exact) mass is 525 g/mol. The average molecular weight is 526 g/mol. The number of halogens is 1. The Kier molecular flexibility index (Phi) is 11.0. The molecule has 1 aliphatic rings. The van der Waals surface area contributed by atoms with Crippen LogP contribution in [0, 0.1) is 0 Å². The van der Waals surface area contributed by atoms with Crippen molar-refractivity contribution in [3.63, 3.8) is 0 Å². The predicted molar refractivity (Wildman–Crippen MR) is 148 cm³/mol. The number of aliphatic hydroxyl groups excluding tert-OH is 2. The van der Waals surface area contributed by atoms with Gasteiger partial charge in [0.05, 0.1) is 18.8 Å². The van der Waals surface area contributed by atoms with E-state index in [1.807, 2.05) is 66.7 Å². The predicted octanol–water partition coefficient (Wildman–Crippen LogP) is 5.41. The maximum Gasteiger partial charge on any atom is 0.339 e. The molecule has 0 aliphatic heterocycles. The molecular formula is C30H36ClNO5. The number of ether oxygens (including phenoxy) is 1. The normalized spacial score (nSPS) is 15.4. The van der Waals surface area contributed by atoms with E-state index in [1.165, 1.54) is 6.42 Å². The molecule has 0 radical (unpaired) electrons. The number of carbonyl (C=O) groups is 1. The Bertz CT molecular complexity index is 1120. The zero-order valence-electron chi connectivity index (χ0n) is 20.9. The lowest BCUT2D eigenvalue weighted by Gasteiger charge is -2.24. The smallest absolute Gasteiger partial charge is 0.339 e. The fourth-order valence-electron chi connectivity index (χ4n) is 4.73. The van der Waals surface area contributed by atoms with Gasteiger partial charge in [-0.05, 0) is 66.5 Å². The number of carboxylic acids is 1. The lowest BCUT2D eigenvalue weighted by molar-refractivity contribution is 0.0686. The summed E-state index contributed by atoms with van der Waals surface area (Å²) >= 11 is 0. The van der Waals surface area contributed by atoms with Crippen molar-refractivity contribution in [3.8, 4) is 16.9 Å². The maximum absolute atomic E-state index is 11.7. The van der Waals surface area contributed by atoms with Gasteiger partial charge in [0.25, 0.3) is 0 Å². The van der Waals surface area contributed by atoms with E-state index in [1.54, 1.807) is 6.07 Å². The highest BCUT2D eigenvalue weighted by atomic mass is 35.5. The van der Waals surface area contributed by atoms with Crippen LogP contribution in [0.25, 0.3) is 11.1 Å². The van der Waals surface area contributed by atoms with Gasteiger partial charge in [0.1, 0.15) is 11.3 Å². The first kappa shape index (κ1) is 28.7. The van der Waals surface area contributed by atoms with E-state index in [0.29, 0.717) is 18.7 Å². The van der Waals surface area contributed by atoms with Crippen molar-refractivity contribution < 1.29 is 24.9 Å². The summed E-state index contributed by atoms with van der Waals surface area (Å²) in [6.45, 7) is 0.314. The summed E-state index contributed by atoms with van der Waals surface area (Å²) in [5.74, 6) is -0.555. The van der Waals surface area contributed by atoms with E-state index < -0.39 is 12.1 Å². The molecule has 4 rings (SSSR count). The first-order valence-electron chi connectivity index (χ1n) is 12.7. The molecule has 0 heterocycles. The Hall–Kier alpha value is -2.90. The molecule has 0 aromatic heterocycles. The topological polar surface area (TPSA) is 99.0 Å². The SMILES string of the molecule is Cl.O=C(O)c1ccc(-c2ccc(C[C@@H](CO)NC[C@@H](O)c3ccccc3)cc2)cc1OC1CCCCC1. The first-order valence-corrected chi connectivity index (χ1v) is 12.7. The van der Waals surface area contributed by atoms with Crippen LogP contribution >= 0.6 is 12.4 Å². The Morgan fingerprint density at radius 2 is 1.62 bits per heavy atom. The Balaban J connectivity index is 0.00000380. The van der Waals surface area contributed by atoms with Crippen LogP contribution in [0.4, 0.5) is 0 Å². The molecule has 4 N–H and O–H groups in total. The first-order chi connectivity index (χ1) is 17.5. The van der Waals surface area contributed by atoms with Gasteiger partial charge in [0.15, 0.2) is 0 Å². The van der Waals surface area contributed by atoms with Crippen molar-refractivity contribution in [3.05, 3.63) is 89.5 Å². The quantitative estimate of drug-likeness (QED) is 0.267. The van der Waals surface area contributed by atoms with Gasteiger partial charge in [-0.15, -0.1) is 12.4 Å². The van der Waals surface area contributed by atoms with Crippen LogP contribution in [0.2, 0.25) is 0 Å². The zero-order valence-corrected chi connectivity index (χ0v) is 21.7. The molecule has 3 aromatic rings. The van der Waals surface area contributed by atoms with E-state index in [9.17, 15) is 20.1 Å². The van der Waals surface area contributed by atoms with Crippen molar-refractivity contribution >= 4 is 18.4 Å². The average Bonchev–Trinajstić information content (AvgIpc) is 2.92. The summed E-state index contributed by atoms with van der Waals surface area (Å²) in [6, 6.07) is 22.6. The van der Waals surface area contributed by atoms with Crippen molar-refractivity contribution in [2.75, 3.05) is 13.2 Å². The summed E-state index contributed by atoms with van der Waals surface area (Å²) in [7, 11) is 0. The van der Waals surface area contributed by atoms with Gasteiger partial charge in [-0.2, -0.15) is 0 Å². The number of hydrogen-bond donors (Lipinski definition) is 4. The van der Waals surface area contributed by atoms with Crippen LogP contribution in [-0.4, -0.2) is 46.6 Å². The van der Waals surface area contributed by atoms with Crippen LogP contribution < -0.4 is 10.1 Å². The van der Waals surface area contributed by atoms with E-state index in [-0.39, 0.29) is 36.7 Å². The third kappa shape index (κ3) is 8.04. The minimum Gasteiger partial charge on any atom is -0.490 e. The minimum absolute atomic E-state index is 0. The number of carboxylic acid groups (broad SMARTS) is 1. The van der Waals surface area contributed by atoms with Crippen molar-refractivity contribution in [2.24, 2.45) is 0 Å². The minimum atomic E-state index is -0.984. The van der Waals surface area contributed by atoms with Gasteiger partial charge >= 0.3 is 5.97 Å². The van der Waals surface area contributed by atoms with Crippen LogP contribution in [0.15, 0.2) is 72.8 Å². The number of rotatable bonds is 11. The molecule has 2 atom stereocenters. The van der Waals surface area contributed by atoms with Crippen LogP contribution in [0.5, 0.6) is 5.75 Å². The van der Waals surface area contributed by atoms with E-state index in [4.69, 9.17) is 4.74 Å². The molecule has 0 unspecified atom stereocenters. The number of aliphatic hydroxyl groups is 2. The third-order valence-corrected chi connectivity index (χ3v) is 6.83. The lowest BCUT2D eigenvalue weighted by atomic mass is 9.97. The van der Waals surface area contributed by atoms with Crippen molar-refractivity contribution in [1.29, 1.82) is 0 Å². The molecular weight excluding hydrogens is 490 g/mol. The second kappa shape index (κ2) is 14.1. The van der Waals surface area contributed by atoms with Crippen molar-refractivity contribution in [1.82, 2.24) is 5.32 Å². The highest BCUT2D eigenvalue weighted by molar-refractivity contribution is 5.92. The molecule has 0 amide bonds. The van der Waals surface area contributed by atoms with Gasteiger partial charge in [-0.1, -0.05) is 67.1 Å². The molecule has 1 fully saturated rings. The van der Waals surface area contributed by atoms with E-state index >= 15 is 0 Å². The number of nitrogens with one attached hydrogen (secondary N) is 1. The molecule has 37 heavy (non-hydrogen) atoms. The maximum atomic E-state index is 11.7.